The van der Waals surface area contributed by atoms with Crippen molar-refractivity contribution in [2.45, 2.75) is 18.9 Å². The van der Waals surface area contributed by atoms with E-state index in [1.807, 2.05) is 0 Å². The molecule has 1 saturated heterocycles. The molecule has 0 aromatic heterocycles. The molecule has 1 fully saturated rings. The highest BCUT2D eigenvalue weighted by molar-refractivity contribution is 6.00. The topological polar surface area (TPSA) is 101 Å². The van der Waals surface area contributed by atoms with Gasteiger partial charge >= 0.3 is 12.0 Å². The van der Waals surface area contributed by atoms with E-state index in [1.54, 1.807) is 0 Å². The van der Waals surface area contributed by atoms with Gasteiger partial charge in [0.25, 0.3) is 0 Å². The summed E-state index contributed by atoms with van der Waals surface area (Å²) in [6.45, 7) is 0. The number of likely N-dealkylation sites (tertiary alicyclic amines) is 1. The average molecular weight is 172 g/mol. The Balaban J connectivity index is 2.84. The maximum atomic E-state index is 10.9. The summed E-state index contributed by atoms with van der Waals surface area (Å²) in [5, 5.41) is 8.55. The number of hydrogen-bond donors (Lipinski definition) is 2. The lowest BCUT2D eigenvalue weighted by Crippen LogP contribution is -2.45. The number of carbonyl (C=O) groups excluding carboxylic acids is 2. The predicted molar refractivity (Wildman–Crippen MR) is 37.1 cm³/mol. The zero-order valence-electron chi connectivity index (χ0n) is 6.19. The van der Waals surface area contributed by atoms with Crippen LogP contribution in [-0.2, 0) is 9.59 Å². The zero-order chi connectivity index (χ0) is 9.30. The van der Waals surface area contributed by atoms with Crippen LogP contribution in [0.25, 0.3) is 0 Å². The SMILES string of the molecule is NC(=O)N1C(=O)CC[C@H]1C(=O)O. The van der Waals surface area contributed by atoms with Crippen molar-refractivity contribution >= 4 is 17.9 Å². The Hall–Kier alpha value is -1.59. The van der Waals surface area contributed by atoms with Crippen molar-refractivity contribution in [1.29, 1.82) is 0 Å². The van der Waals surface area contributed by atoms with Crippen molar-refractivity contribution in [2.24, 2.45) is 5.73 Å². The van der Waals surface area contributed by atoms with Crippen molar-refractivity contribution in [2.75, 3.05) is 0 Å². The van der Waals surface area contributed by atoms with Gasteiger partial charge in [0.2, 0.25) is 5.91 Å². The van der Waals surface area contributed by atoms with Crippen LogP contribution in [0.3, 0.4) is 0 Å². The van der Waals surface area contributed by atoms with Crippen LogP contribution in [0.1, 0.15) is 12.8 Å². The van der Waals surface area contributed by atoms with Gasteiger partial charge in [-0.2, -0.15) is 0 Å². The summed E-state index contributed by atoms with van der Waals surface area (Å²) >= 11 is 0. The van der Waals surface area contributed by atoms with Crippen LogP contribution >= 0.6 is 0 Å². The Morgan fingerprint density at radius 3 is 2.50 bits per heavy atom. The Morgan fingerprint density at radius 1 is 1.58 bits per heavy atom. The minimum absolute atomic E-state index is 0.0694. The first-order valence-electron chi connectivity index (χ1n) is 3.38. The predicted octanol–water partition coefficient (Wildman–Crippen LogP) is -0.859. The summed E-state index contributed by atoms with van der Waals surface area (Å²) in [4.78, 5) is 32.5. The lowest BCUT2D eigenvalue weighted by atomic mass is 10.2. The van der Waals surface area contributed by atoms with Gasteiger partial charge in [0.05, 0.1) is 0 Å². The molecule has 0 unspecified atom stereocenters. The average Bonchev–Trinajstić information content (AvgIpc) is 2.30. The first-order valence-corrected chi connectivity index (χ1v) is 3.38. The second-order valence-electron chi connectivity index (χ2n) is 2.49. The van der Waals surface area contributed by atoms with E-state index in [0.29, 0.717) is 4.90 Å². The van der Waals surface area contributed by atoms with Gasteiger partial charge in [-0.1, -0.05) is 0 Å². The first-order chi connectivity index (χ1) is 5.54. The monoisotopic (exact) mass is 172 g/mol. The van der Waals surface area contributed by atoms with Crippen LogP contribution in [0.2, 0.25) is 0 Å². The van der Waals surface area contributed by atoms with E-state index in [1.165, 1.54) is 0 Å². The highest BCUT2D eigenvalue weighted by Gasteiger charge is 2.39. The number of hydrogen-bond acceptors (Lipinski definition) is 3. The van der Waals surface area contributed by atoms with Gasteiger partial charge in [0.15, 0.2) is 0 Å². The van der Waals surface area contributed by atoms with Gasteiger partial charge in [-0.25, -0.2) is 9.59 Å². The third-order valence-corrected chi connectivity index (χ3v) is 1.73. The van der Waals surface area contributed by atoms with E-state index >= 15 is 0 Å². The Bertz CT molecular complexity index is 250. The van der Waals surface area contributed by atoms with Gasteiger partial charge in [-0.05, 0) is 6.42 Å². The molecular weight excluding hydrogens is 164 g/mol. The van der Waals surface area contributed by atoms with Crippen LogP contribution in [0, 0.1) is 0 Å². The summed E-state index contributed by atoms with van der Waals surface area (Å²) in [6, 6.07) is -2.07. The number of carbonyl (C=O) groups is 3. The standard InChI is InChI=1S/C6H8N2O4/c7-6(12)8-3(5(10)11)1-2-4(8)9/h3H,1-2H2,(H2,7,12)(H,10,11)/t3-/m0/s1. The molecule has 3 N–H and O–H groups in total. The quantitative estimate of drug-likeness (QED) is 0.537. The van der Waals surface area contributed by atoms with Crippen molar-refractivity contribution in [3.05, 3.63) is 0 Å². The van der Waals surface area contributed by atoms with Gasteiger partial charge in [-0.3, -0.25) is 9.69 Å². The molecule has 1 heterocycles. The molecule has 0 aromatic carbocycles. The van der Waals surface area contributed by atoms with E-state index in [2.05, 4.69) is 0 Å². The lowest BCUT2D eigenvalue weighted by Gasteiger charge is -2.15. The summed E-state index contributed by atoms with van der Waals surface area (Å²) in [5.74, 6) is -1.71. The maximum absolute atomic E-state index is 10.9. The Kier molecular flexibility index (Phi) is 1.99. The number of carboxylic acid groups (broad SMARTS) is 1. The minimum Gasteiger partial charge on any atom is -0.480 e. The second kappa shape index (κ2) is 2.80. The first kappa shape index (κ1) is 8.51. The molecule has 66 valence electrons. The van der Waals surface area contributed by atoms with Gasteiger partial charge < -0.3 is 10.8 Å². The molecule has 1 aliphatic rings. The van der Waals surface area contributed by atoms with Crippen LogP contribution in [0.4, 0.5) is 4.79 Å². The number of carboxylic acids is 1. The summed E-state index contributed by atoms with van der Waals surface area (Å²) in [5.41, 5.74) is 4.82. The normalized spacial score (nSPS) is 22.8. The lowest BCUT2D eigenvalue weighted by molar-refractivity contribution is -0.144. The van der Waals surface area contributed by atoms with E-state index in [0.717, 1.165) is 0 Å². The number of nitrogens with two attached hydrogens (primary N) is 1. The smallest absolute Gasteiger partial charge is 0.327 e. The summed E-state index contributed by atoms with van der Waals surface area (Å²) in [7, 11) is 0. The number of amides is 3. The highest BCUT2D eigenvalue weighted by Crippen LogP contribution is 2.17. The molecule has 0 aromatic rings. The van der Waals surface area contributed by atoms with Gasteiger partial charge in [-0.15, -0.1) is 0 Å². The van der Waals surface area contributed by atoms with Crippen LogP contribution in [0.15, 0.2) is 0 Å². The summed E-state index contributed by atoms with van der Waals surface area (Å²) < 4.78 is 0. The molecule has 0 radical (unpaired) electrons. The van der Waals surface area contributed by atoms with E-state index in [9.17, 15) is 14.4 Å². The van der Waals surface area contributed by atoms with Gasteiger partial charge in [0, 0.05) is 6.42 Å². The van der Waals surface area contributed by atoms with Crippen LogP contribution in [-0.4, -0.2) is 34.0 Å². The van der Waals surface area contributed by atoms with E-state index in [-0.39, 0.29) is 12.8 Å². The molecule has 0 aliphatic carbocycles. The third kappa shape index (κ3) is 1.23. The molecule has 0 saturated carbocycles. The fourth-order valence-electron chi connectivity index (χ4n) is 1.19. The zero-order valence-corrected chi connectivity index (χ0v) is 6.19. The fourth-order valence-corrected chi connectivity index (χ4v) is 1.19. The fraction of sp³-hybridized carbons (Fsp3) is 0.500. The maximum Gasteiger partial charge on any atom is 0.327 e. The third-order valence-electron chi connectivity index (χ3n) is 1.73. The summed E-state index contributed by atoms with van der Waals surface area (Å²) in [6.07, 6.45) is 0.219. The number of aliphatic carboxylic acids is 1. The van der Waals surface area contributed by atoms with Crippen LogP contribution in [0.5, 0.6) is 0 Å². The molecule has 0 spiro atoms. The second-order valence-corrected chi connectivity index (χ2v) is 2.49. The molecule has 1 atom stereocenters. The number of imide groups is 1. The molecule has 0 bridgehead atoms. The highest BCUT2D eigenvalue weighted by atomic mass is 16.4. The molecule has 1 rings (SSSR count). The van der Waals surface area contributed by atoms with Crippen molar-refractivity contribution in [3.8, 4) is 0 Å². The number of primary amides is 1. The van der Waals surface area contributed by atoms with Crippen molar-refractivity contribution in [3.63, 3.8) is 0 Å². The van der Waals surface area contributed by atoms with E-state index in [4.69, 9.17) is 10.8 Å². The number of urea groups is 1. The molecule has 6 nitrogen and oxygen atoms in total. The molecule has 1 aliphatic heterocycles. The molecule has 12 heavy (non-hydrogen) atoms. The molecular formula is C6H8N2O4. The largest absolute Gasteiger partial charge is 0.480 e. The Labute approximate surface area is 67.9 Å². The minimum atomic E-state index is -1.19. The number of nitrogens with zero attached hydrogens (tertiary/aromatic N) is 1. The molecule has 6 heteroatoms. The number of rotatable bonds is 1. The molecule has 3 amide bonds. The van der Waals surface area contributed by atoms with Crippen molar-refractivity contribution in [1.82, 2.24) is 4.90 Å². The van der Waals surface area contributed by atoms with Gasteiger partial charge in [0.1, 0.15) is 6.04 Å². The Morgan fingerprint density at radius 2 is 2.17 bits per heavy atom. The van der Waals surface area contributed by atoms with Crippen molar-refractivity contribution < 1.29 is 19.5 Å². The van der Waals surface area contributed by atoms with Crippen LogP contribution < -0.4 is 5.73 Å². The van der Waals surface area contributed by atoms with E-state index < -0.39 is 23.9 Å².